The summed E-state index contributed by atoms with van der Waals surface area (Å²) in [5.41, 5.74) is 4.31. The molecule has 1 N–H and O–H groups in total. The molecular formula is C22H26N6O2. The Bertz CT molecular complexity index is 1040. The smallest absolute Gasteiger partial charge is 0.228 e. The second kappa shape index (κ2) is 8.22. The molecule has 3 aromatic heterocycles. The zero-order valence-electron chi connectivity index (χ0n) is 17.8. The number of aromatic nitrogens is 4. The summed E-state index contributed by atoms with van der Waals surface area (Å²) in [4.78, 5) is 28.6. The topological polar surface area (TPSA) is 97.0 Å². The molecule has 0 bridgehead atoms. The van der Waals surface area contributed by atoms with Crippen molar-refractivity contribution in [2.75, 3.05) is 11.9 Å². The van der Waals surface area contributed by atoms with Crippen LogP contribution in [0.2, 0.25) is 0 Å². The summed E-state index contributed by atoms with van der Waals surface area (Å²) in [5.74, 6) is 1.97. The first-order chi connectivity index (χ1) is 14.4. The number of nitrogens with zero attached hydrogens (tertiary/aromatic N) is 5. The van der Waals surface area contributed by atoms with Crippen LogP contribution >= 0.6 is 0 Å². The van der Waals surface area contributed by atoms with Crippen molar-refractivity contribution in [2.45, 2.75) is 53.0 Å². The van der Waals surface area contributed by atoms with Gasteiger partial charge < -0.3 is 14.7 Å². The van der Waals surface area contributed by atoms with Crippen molar-refractivity contribution >= 4 is 17.7 Å². The minimum atomic E-state index is -0.0418. The Morgan fingerprint density at radius 3 is 2.63 bits per heavy atom. The van der Waals surface area contributed by atoms with Gasteiger partial charge in [-0.05, 0) is 58.7 Å². The van der Waals surface area contributed by atoms with E-state index in [1.165, 1.54) is 0 Å². The van der Waals surface area contributed by atoms with Gasteiger partial charge in [0.1, 0.15) is 11.6 Å². The molecule has 1 aliphatic rings. The zero-order chi connectivity index (χ0) is 21.3. The van der Waals surface area contributed by atoms with Gasteiger partial charge in [-0.2, -0.15) is 0 Å². The van der Waals surface area contributed by atoms with Crippen LogP contribution in [0.5, 0.6) is 0 Å². The molecule has 156 valence electrons. The molecule has 0 unspecified atom stereocenters. The molecule has 4 heterocycles. The molecule has 4 rings (SSSR count). The van der Waals surface area contributed by atoms with Crippen molar-refractivity contribution in [2.24, 2.45) is 0 Å². The van der Waals surface area contributed by atoms with Crippen molar-refractivity contribution in [1.29, 1.82) is 0 Å². The number of carbonyl (C=O) groups excluding carboxylic acids is 1. The van der Waals surface area contributed by atoms with Crippen LogP contribution in [0.4, 0.5) is 11.8 Å². The summed E-state index contributed by atoms with van der Waals surface area (Å²) in [6, 6.07) is 7.69. The van der Waals surface area contributed by atoms with Crippen LogP contribution in [0, 0.1) is 27.7 Å². The van der Waals surface area contributed by atoms with E-state index in [9.17, 15) is 4.79 Å². The summed E-state index contributed by atoms with van der Waals surface area (Å²) < 4.78 is 5.21. The van der Waals surface area contributed by atoms with Crippen LogP contribution in [0.3, 0.4) is 0 Å². The lowest BCUT2D eigenvalue weighted by atomic mass is 10.1. The number of nitrogens with one attached hydrogen (secondary N) is 1. The predicted octanol–water partition coefficient (Wildman–Crippen LogP) is 3.74. The van der Waals surface area contributed by atoms with Gasteiger partial charge in [-0.15, -0.1) is 0 Å². The van der Waals surface area contributed by atoms with Gasteiger partial charge in [0.15, 0.2) is 0 Å². The van der Waals surface area contributed by atoms with Gasteiger partial charge in [0, 0.05) is 23.5 Å². The molecule has 8 nitrogen and oxygen atoms in total. The largest absolute Gasteiger partial charge is 0.361 e. The third-order valence-electron chi connectivity index (χ3n) is 5.42. The maximum atomic E-state index is 13.0. The molecular weight excluding hydrogens is 380 g/mol. The van der Waals surface area contributed by atoms with Crippen LogP contribution in [0.15, 0.2) is 28.8 Å². The standard InChI is InChI=1S/C22H26N6O2/c1-13-11-14(2)24-22(23-13)26-20-9-5-7-18(25-20)19-8-6-10-28(19)21(29)12-17-15(3)27-30-16(17)4/h5,7,9,11,19H,6,8,10,12H2,1-4H3,(H,23,24,25,26)/t19-/m0/s1. The molecule has 0 spiro atoms. The third kappa shape index (κ3) is 4.17. The number of rotatable bonds is 5. The van der Waals surface area contributed by atoms with E-state index in [2.05, 4.69) is 20.4 Å². The summed E-state index contributed by atoms with van der Waals surface area (Å²) in [6.07, 6.45) is 2.15. The maximum absolute atomic E-state index is 13.0. The lowest BCUT2D eigenvalue weighted by Gasteiger charge is -2.24. The van der Waals surface area contributed by atoms with Gasteiger partial charge in [-0.1, -0.05) is 11.2 Å². The number of hydrogen-bond acceptors (Lipinski definition) is 7. The lowest BCUT2D eigenvalue weighted by Crippen LogP contribution is -2.32. The van der Waals surface area contributed by atoms with Crippen LogP contribution in [-0.2, 0) is 11.2 Å². The number of hydrogen-bond donors (Lipinski definition) is 1. The first-order valence-corrected chi connectivity index (χ1v) is 10.2. The molecule has 3 aromatic rings. The lowest BCUT2D eigenvalue weighted by molar-refractivity contribution is -0.131. The molecule has 0 aromatic carbocycles. The first-order valence-electron chi connectivity index (χ1n) is 10.2. The predicted molar refractivity (Wildman–Crippen MR) is 112 cm³/mol. The highest BCUT2D eigenvalue weighted by Gasteiger charge is 2.31. The van der Waals surface area contributed by atoms with Gasteiger partial charge in [-0.3, -0.25) is 4.79 Å². The van der Waals surface area contributed by atoms with Gasteiger partial charge in [-0.25, -0.2) is 15.0 Å². The average molecular weight is 406 g/mol. The number of anilines is 2. The molecule has 1 atom stereocenters. The molecule has 1 amide bonds. The molecule has 1 fully saturated rings. The van der Waals surface area contributed by atoms with Crippen molar-refractivity contribution in [1.82, 2.24) is 25.0 Å². The Hall–Kier alpha value is -3.29. The maximum Gasteiger partial charge on any atom is 0.228 e. The van der Waals surface area contributed by atoms with Crippen LogP contribution in [0.25, 0.3) is 0 Å². The van der Waals surface area contributed by atoms with Crippen molar-refractivity contribution < 1.29 is 9.32 Å². The van der Waals surface area contributed by atoms with Gasteiger partial charge in [0.25, 0.3) is 0 Å². The quantitative estimate of drug-likeness (QED) is 0.689. The first kappa shape index (κ1) is 20.0. The second-order valence-electron chi connectivity index (χ2n) is 7.77. The van der Waals surface area contributed by atoms with E-state index in [0.29, 0.717) is 23.9 Å². The van der Waals surface area contributed by atoms with E-state index < -0.39 is 0 Å². The van der Waals surface area contributed by atoms with Crippen LogP contribution < -0.4 is 5.32 Å². The summed E-state index contributed by atoms with van der Waals surface area (Å²) in [5, 5.41) is 7.15. The van der Waals surface area contributed by atoms with Crippen LogP contribution in [-0.4, -0.2) is 37.5 Å². The Kier molecular flexibility index (Phi) is 5.48. The Morgan fingerprint density at radius 1 is 1.17 bits per heavy atom. The molecule has 30 heavy (non-hydrogen) atoms. The molecule has 1 aliphatic heterocycles. The normalized spacial score (nSPS) is 16.1. The highest BCUT2D eigenvalue weighted by molar-refractivity contribution is 5.80. The summed E-state index contributed by atoms with van der Waals surface area (Å²) in [6.45, 7) is 8.31. The SMILES string of the molecule is Cc1cc(C)nc(Nc2cccc([C@@H]3CCCN3C(=O)Cc3c(C)noc3C)n2)n1. The second-order valence-corrected chi connectivity index (χ2v) is 7.77. The molecule has 0 radical (unpaired) electrons. The number of aryl methyl sites for hydroxylation is 4. The molecule has 0 saturated carbocycles. The third-order valence-corrected chi connectivity index (χ3v) is 5.42. The highest BCUT2D eigenvalue weighted by Crippen LogP contribution is 2.32. The summed E-state index contributed by atoms with van der Waals surface area (Å²) in [7, 11) is 0. The van der Waals surface area contributed by atoms with E-state index in [-0.39, 0.29) is 11.9 Å². The van der Waals surface area contributed by atoms with Gasteiger partial charge in [0.2, 0.25) is 11.9 Å². The van der Waals surface area contributed by atoms with Crippen LogP contribution in [0.1, 0.15) is 53.0 Å². The van der Waals surface area contributed by atoms with E-state index in [1.54, 1.807) is 0 Å². The number of carbonyl (C=O) groups is 1. The Balaban J connectivity index is 1.52. The molecule has 8 heteroatoms. The fourth-order valence-electron chi connectivity index (χ4n) is 3.98. The highest BCUT2D eigenvalue weighted by atomic mass is 16.5. The minimum Gasteiger partial charge on any atom is -0.361 e. The zero-order valence-corrected chi connectivity index (χ0v) is 17.8. The van der Waals surface area contributed by atoms with E-state index in [0.717, 1.165) is 47.7 Å². The van der Waals surface area contributed by atoms with Crippen molar-refractivity contribution in [3.05, 3.63) is 58.4 Å². The van der Waals surface area contributed by atoms with Gasteiger partial charge in [0.05, 0.1) is 23.9 Å². The van der Waals surface area contributed by atoms with E-state index >= 15 is 0 Å². The van der Waals surface area contributed by atoms with Gasteiger partial charge >= 0.3 is 0 Å². The van der Waals surface area contributed by atoms with E-state index in [4.69, 9.17) is 9.51 Å². The van der Waals surface area contributed by atoms with E-state index in [1.807, 2.05) is 56.9 Å². The number of amides is 1. The molecule has 1 saturated heterocycles. The Morgan fingerprint density at radius 2 is 1.93 bits per heavy atom. The number of pyridine rings is 1. The Labute approximate surface area is 175 Å². The monoisotopic (exact) mass is 406 g/mol. The van der Waals surface area contributed by atoms with Crippen molar-refractivity contribution in [3.8, 4) is 0 Å². The molecule has 0 aliphatic carbocycles. The summed E-state index contributed by atoms with van der Waals surface area (Å²) >= 11 is 0. The fourth-order valence-corrected chi connectivity index (χ4v) is 3.98. The average Bonchev–Trinajstić information content (AvgIpc) is 3.30. The number of likely N-dealkylation sites (tertiary alicyclic amines) is 1. The fraction of sp³-hybridized carbons (Fsp3) is 0.409. The minimum absolute atomic E-state index is 0.0418. The van der Waals surface area contributed by atoms with Crippen molar-refractivity contribution in [3.63, 3.8) is 0 Å².